The zero-order valence-corrected chi connectivity index (χ0v) is 27.3. The zero-order valence-electron chi connectivity index (χ0n) is 25.8. The highest BCUT2D eigenvalue weighted by molar-refractivity contribution is 7.89. The van der Waals surface area contributed by atoms with E-state index in [1.807, 2.05) is 66.7 Å². The third-order valence-electron chi connectivity index (χ3n) is 8.14. The van der Waals surface area contributed by atoms with Crippen LogP contribution in [0.3, 0.4) is 0 Å². The van der Waals surface area contributed by atoms with Crippen molar-refractivity contribution in [3.05, 3.63) is 130 Å². The van der Waals surface area contributed by atoms with Gasteiger partial charge in [0.2, 0.25) is 21.8 Å². The molecule has 1 aliphatic heterocycles. The van der Waals surface area contributed by atoms with Crippen molar-refractivity contribution in [3.8, 4) is 5.75 Å². The van der Waals surface area contributed by atoms with Crippen molar-refractivity contribution in [2.45, 2.75) is 49.7 Å². The van der Waals surface area contributed by atoms with Gasteiger partial charge < -0.3 is 15.0 Å². The highest BCUT2D eigenvalue weighted by Crippen LogP contribution is 2.27. The summed E-state index contributed by atoms with van der Waals surface area (Å²) in [5.74, 6) is 0.177. The number of nitrogens with zero attached hydrogens (tertiary/aromatic N) is 2. The second-order valence-corrected chi connectivity index (χ2v) is 13.7. The summed E-state index contributed by atoms with van der Waals surface area (Å²) >= 11 is 6.04. The molecule has 1 heterocycles. The van der Waals surface area contributed by atoms with E-state index in [4.69, 9.17) is 16.3 Å². The van der Waals surface area contributed by atoms with Gasteiger partial charge in [0, 0.05) is 37.6 Å². The smallest absolute Gasteiger partial charge is 0.247 e. The van der Waals surface area contributed by atoms with Crippen LogP contribution in [0.5, 0.6) is 5.75 Å². The third kappa shape index (κ3) is 8.34. The molecule has 1 saturated heterocycles. The lowest BCUT2D eigenvalue weighted by atomic mass is 10.0. The molecule has 0 unspecified atom stereocenters. The quantitative estimate of drug-likeness (QED) is 0.186. The lowest BCUT2D eigenvalue weighted by molar-refractivity contribution is -0.141. The van der Waals surface area contributed by atoms with Crippen LogP contribution in [-0.2, 0) is 39.1 Å². The minimum absolute atomic E-state index is 0.127. The molecule has 4 aromatic rings. The average Bonchev–Trinajstić information content (AvgIpc) is 3.64. The largest absolute Gasteiger partial charge is 0.497 e. The molecule has 240 valence electrons. The highest BCUT2D eigenvalue weighted by atomic mass is 35.5. The Kier molecular flexibility index (Phi) is 11.1. The fraction of sp³-hybridized carbons (Fsp3) is 0.278. The monoisotopic (exact) mass is 659 g/mol. The fourth-order valence-electron chi connectivity index (χ4n) is 5.55. The van der Waals surface area contributed by atoms with Crippen molar-refractivity contribution < 1.29 is 22.7 Å². The van der Waals surface area contributed by atoms with Crippen molar-refractivity contribution in [1.82, 2.24) is 14.5 Å². The molecule has 4 aromatic carbocycles. The van der Waals surface area contributed by atoms with E-state index in [-0.39, 0.29) is 36.2 Å². The maximum Gasteiger partial charge on any atom is 0.247 e. The number of benzene rings is 4. The minimum Gasteiger partial charge on any atom is -0.497 e. The van der Waals surface area contributed by atoms with Crippen molar-refractivity contribution in [2.24, 2.45) is 0 Å². The minimum atomic E-state index is -3.52. The number of carbonyl (C=O) groups excluding carboxylic acids is 2. The number of sulfonamides is 1. The van der Waals surface area contributed by atoms with Gasteiger partial charge in [-0.05, 0) is 77.9 Å². The number of methoxy groups -OCH3 is 1. The Hall–Kier alpha value is -4.18. The Bertz CT molecular complexity index is 1710. The van der Waals surface area contributed by atoms with E-state index in [0.29, 0.717) is 35.8 Å². The first-order chi connectivity index (χ1) is 22.2. The van der Waals surface area contributed by atoms with E-state index < -0.39 is 16.1 Å². The molecule has 0 aromatic heterocycles. The standard InChI is InChI=1S/C36H38ClN3O5S/c1-45-32-18-11-29(12-19-32)26-40(34(41)22-15-27-13-20-33(21-14-27)46(43,44)39-23-5-6-24-39)35(30-7-3-2-4-8-30)36(42)38-25-28-9-16-31(37)17-10-28/h2-4,7-14,16-21,35H,5-6,15,22-26H2,1H3,(H,38,42)/t35-/m0/s1. The fourth-order valence-corrected chi connectivity index (χ4v) is 7.19. The summed E-state index contributed by atoms with van der Waals surface area (Å²) in [6, 6.07) is 29.8. The Balaban J connectivity index is 1.38. The predicted molar refractivity (Wildman–Crippen MR) is 179 cm³/mol. The SMILES string of the molecule is COc1ccc(CN(C(=O)CCc2ccc(S(=O)(=O)N3CCCC3)cc2)[C@H](C(=O)NCc2ccc(Cl)cc2)c2ccccc2)cc1. The van der Waals surface area contributed by atoms with Gasteiger partial charge in [0.1, 0.15) is 11.8 Å². The number of rotatable bonds is 13. The van der Waals surface area contributed by atoms with Crippen LogP contribution in [-0.4, -0.2) is 49.6 Å². The average molecular weight is 660 g/mol. The molecule has 0 aliphatic carbocycles. The summed E-state index contributed by atoms with van der Waals surface area (Å²) in [6.07, 6.45) is 2.25. The van der Waals surface area contributed by atoms with Gasteiger partial charge >= 0.3 is 0 Å². The lowest BCUT2D eigenvalue weighted by Crippen LogP contribution is -2.43. The Labute approximate surface area is 276 Å². The number of amides is 2. The molecule has 5 rings (SSSR count). The summed E-state index contributed by atoms with van der Waals surface area (Å²) in [6.45, 7) is 1.55. The van der Waals surface area contributed by atoms with Crippen LogP contribution in [0.1, 0.15) is 47.6 Å². The van der Waals surface area contributed by atoms with E-state index in [1.165, 1.54) is 4.31 Å². The maximum absolute atomic E-state index is 14.1. The van der Waals surface area contributed by atoms with Crippen LogP contribution in [0.15, 0.2) is 108 Å². The van der Waals surface area contributed by atoms with Crippen LogP contribution in [0.25, 0.3) is 0 Å². The molecule has 1 aliphatic rings. The lowest BCUT2D eigenvalue weighted by Gasteiger charge is -2.32. The van der Waals surface area contributed by atoms with Crippen molar-refractivity contribution in [2.75, 3.05) is 20.2 Å². The van der Waals surface area contributed by atoms with E-state index in [0.717, 1.165) is 29.5 Å². The number of aryl methyl sites for hydroxylation is 1. The van der Waals surface area contributed by atoms with E-state index in [9.17, 15) is 18.0 Å². The van der Waals surface area contributed by atoms with Gasteiger partial charge in [0.05, 0.1) is 12.0 Å². The summed E-state index contributed by atoms with van der Waals surface area (Å²) in [5.41, 5.74) is 3.25. The van der Waals surface area contributed by atoms with Gasteiger partial charge in [-0.25, -0.2) is 8.42 Å². The Morgan fingerprint density at radius 3 is 2.09 bits per heavy atom. The van der Waals surface area contributed by atoms with Gasteiger partial charge in [-0.1, -0.05) is 78.3 Å². The number of hydrogen-bond donors (Lipinski definition) is 1. The first-order valence-corrected chi connectivity index (χ1v) is 17.1. The van der Waals surface area contributed by atoms with Gasteiger partial charge in [-0.2, -0.15) is 4.31 Å². The van der Waals surface area contributed by atoms with Gasteiger partial charge in [-0.3, -0.25) is 9.59 Å². The second-order valence-electron chi connectivity index (χ2n) is 11.3. The highest BCUT2D eigenvalue weighted by Gasteiger charge is 2.32. The Morgan fingerprint density at radius 2 is 1.46 bits per heavy atom. The summed E-state index contributed by atoms with van der Waals surface area (Å²) in [7, 11) is -1.93. The molecule has 0 saturated carbocycles. The molecular weight excluding hydrogens is 622 g/mol. The van der Waals surface area contributed by atoms with E-state index in [2.05, 4.69) is 5.32 Å². The molecule has 8 nitrogen and oxygen atoms in total. The first-order valence-electron chi connectivity index (χ1n) is 15.3. The van der Waals surface area contributed by atoms with Crippen LogP contribution in [0, 0.1) is 0 Å². The van der Waals surface area contributed by atoms with Crippen LogP contribution < -0.4 is 10.1 Å². The van der Waals surface area contributed by atoms with Gasteiger partial charge in [0.15, 0.2) is 0 Å². The Morgan fingerprint density at radius 1 is 0.848 bits per heavy atom. The molecule has 2 amide bonds. The van der Waals surface area contributed by atoms with Gasteiger partial charge in [0.25, 0.3) is 0 Å². The molecule has 1 fully saturated rings. The molecule has 46 heavy (non-hydrogen) atoms. The third-order valence-corrected chi connectivity index (χ3v) is 10.3. The maximum atomic E-state index is 14.1. The molecule has 10 heteroatoms. The summed E-state index contributed by atoms with van der Waals surface area (Å²) < 4.78 is 32.8. The molecule has 0 spiro atoms. The van der Waals surface area contributed by atoms with Crippen molar-refractivity contribution in [1.29, 1.82) is 0 Å². The predicted octanol–water partition coefficient (Wildman–Crippen LogP) is 6.15. The van der Waals surface area contributed by atoms with Gasteiger partial charge in [-0.15, -0.1) is 0 Å². The van der Waals surface area contributed by atoms with Crippen molar-refractivity contribution in [3.63, 3.8) is 0 Å². The van der Waals surface area contributed by atoms with E-state index >= 15 is 0 Å². The topological polar surface area (TPSA) is 96.0 Å². The van der Waals surface area contributed by atoms with Crippen LogP contribution in [0.2, 0.25) is 5.02 Å². The molecule has 1 atom stereocenters. The normalized spacial score (nSPS) is 14.0. The number of ether oxygens (including phenoxy) is 1. The summed E-state index contributed by atoms with van der Waals surface area (Å²) in [4.78, 5) is 29.9. The zero-order chi connectivity index (χ0) is 32.5. The number of hydrogen-bond acceptors (Lipinski definition) is 5. The number of nitrogens with one attached hydrogen (secondary N) is 1. The van der Waals surface area contributed by atoms with E-state index in [1.54, 1.807) is 48.4 Å². The molecule has 1 N–H and O–H groups in total. The van der Waals surface area contributed by atoms with Crippen LogP contribution in [0.4, 0.5) is 0 Å². The summed E-state index contributed by atoms with van der Waals surface area (Å²) in [5, 5.41) is 3.62. The van der Waals surface area contributed by atoms with Crippen molar-refractivity contribution >= 4 is 33.4 Å². The molecular formula is C36H38ClN3O5S. The van der Waals surface area contributed by atoms with Crippen LogP contribution >= 0.6 is 11.6 Å². The number of carbonyl (C=O) groups is 2. The first kappa shape index (κ1) is 33.2. The number of halogens is 1. The molecule has 0 radical (unpaired) electrons. The second kappa shape index (κ2) is 15.4. The molecule has 0 bridgehead atoms.